The van der Waals surface area contributed by atoms with Crippen LogP contribution in [0.15, 0.2) is 30.6 Å². The molecule has 1 fully saturated rings. The average Bonchev–Trinajstić information content (AvgIpc) is 3.23. The molecule has 1 aliphatic carbocycles. The maximum atomic E-state index is 12.1. The molecule has 7 nitrogen and oxygen atoms in total. The van der Waals surface area contributed by atoms with E-state index < -0.39 is 6.10 Å². The van der Waals surface area contributed by atoms with Crippen molar-refractivity contribution in [1.82, 2.24) is 20.1 Å². The van der Waals surface area contributed by atoms with Gasteiger partial charge in [-0.2, -0.15) is 0 Å². The summed E-state index contributed by atoms with van der Waals surface area (Å²) in [7, 11) is 1.90. The SMILES string of the molecule is CCc1cccc(OCC(=O)NC[C@H]2C[C@H](c3nncn3C)C[C@H]2O)c1. The molecule has 0 aliphatic heterocycles. The molecule has 0 saturated heterocycles. The predicted molar refractivity (Wildman–Crippen MR) is 96.8 cm³/mol. The van der Waals surface area contributed by atoms with E-state index in [-0.39, 0.29) is 24.3 Å². The molecule has 26 heavy (non-hydrogen) atoms. The van der Waals surface area contributed by atoms with E-state index in [0.29, 0.717) is 18.7 Å². The zero-order valence-corrected chi connectivity index (χ0v) is 15.3. The number of aryl methyl sites for hydroxylation is 2. The van der Waals surface area contributed by atoms with Crippen molar-refractivity contribution in [3.8, 4) is 5.75 Å². The topological polar surface area (TPSA) is 89.3 Å². The van der Waals surface area contributed by atoms with Crippen molar-refractivity contribution in [3.63, 3.8) is 0 Å². The van der Waals surface area contributed by atoms with E-state index in [1.807, 2.05) is 35.9 Å². The number of aromatic nitrogens is 3. The van der Waals surface area contributed by atoms with Gasteiger partial charge in [0.15, 0.2) is 6.61 Å². The molecule has 0 unspecified atom stereocenters. The first-order valence-electron chi connectivity index (χ1n) is 9.07. The summed E-state index contributed by atoms with van der Waals surface area (Å²) >= 11 is 0. The highest BCUT2D eigenvalue weighted by Crippen LogP contribution is 2.37. The number of amides is 1. The van der Waals surface area contributed by atoms with Gasteiger partial charge in [0.25, 0.3) is 5.91 Å². The van der Waals surface area contributed by atoms with Crippen molar-refractivity contribution in [2.45, 2.75) is 38.2 Å². The maximum absolute atomic E-state index is 12.1. The van der Waals surface area contributed by atoms with Crippen LogP contribution in [0.4, 0.5) is 0 Å². The fourth-order valence-corrected chi connectivity index (χ4v) is 3.49. The lowest BCUT2D eigenvalue weighted by atomic mass is 10.0. The van der Waals surface area contributed by atoms with E-state index in [9.17, 15) is 9.90 Å². The minimum Gasteiger partial charge on any atom is -0.484 e. The second-order valence-electron chi connectivity index (χ2n) is 6.89. The van der Waals surface area contributed by atoms with Gasteiger partial charge in [0.05, 0.1) is 6.10 Å². The third kappa shape index (κ3) is 4.40. The summed E-state index contributed by atoms with van der Waals surface area (Å²) in [6.45, 7) is 2.49. The van der Waals surface area contributed by atoms with Crippen LogP contribution in [0.25, 0.3) is 0 Å². The number of hydrogen-bond acceptors (Lipinski definition) is 5. The molecule has 7 heteroatoms. The Morgan fingerprint density at radius 1 is 1.42 bits per heavy atom. The molecule has 1 aliphatic rings. The average molecular weight is 358 g/mol. The predicted octanol–water partition coefficient (Wildman–Crippen LogP) is 1.43. The lowest BCUT2D eigenvalue weighted by molar-refractivity contribution is -0.123. The molecule has 1 aromatic heterocycles. The van der Waals surface area contributed by atoms with Gasteiger partial charge in [-0.05, 0) is 37.0 Å². The van der Waals surface area contributed by atoms with Gasteiger partial charge in [0.2, 0.25) is 0 Å². The third-order valence-corrected chi connectivity index (χ3v) is 5.01. The van der Waals surface area contributed by atoms with Crippen molar-refractivity contribution in [2.75, 3.05) is 13.2 Å². The van der Waals surface area contributed by atoms with Gasteiger partial charge >= 0.3 is 0 Å². The van der Waals surface area contributed by atoms with Crippen molar-refractivity contribution >= 4 is 5.91 Å². The Balaban J connectivity index is 1.45. The summed E-state index contributed by atoms with van der Waals surface area (Å²) < 4.78 is 7.44. The van der Waals surface area contributed by atoms with Crippen LogP contribution in [0.5, 0.6) is 5.75 Å². The monoisotopic (exact) mass is 358 g/mol. The molecule has 140 valence electrons. The Kier molecular flexibility index (Phi) is 5.88. The fraction of sp³-hybridized carbons (Fsp3) is 0.526. The number of benzene rings is 1. The van der Waals surface area contributed by atoms with E-state index in [0.717, 1.165) is 18.7 Å². The molecule has 1 heterocycles. The first-order chi connectivity index (χ1) is 12.6. The van der Waals surface area contributed by atoms with Gasteiger partial charge in [-0.15, -0.1) is 10.2 Å². The summed E-state index contributed by atoms with van der Waals surface area (Å²) in [6.07, 6.45) is 3.58. The molecular weight excluding hydrogens is 332 g/mol. The highest BCUT2D eigenvalue weighted by molar-refractivity contribution is 5.77. The largest absolute Gasteiger partial charge is 0.484 e. The molecule has 0 bridgehead atoms. The molecular formula is C19H26N4O3. The van der Waals surface area contributed by atoms with Crippen LogP contribution in [0.1, 0.15) is 37.1 Å². The second-order valence-corrected chi connectivity index (χ2v) is 6.89. The number of nitrogens with zero attached hydrogens (tertiary/aromatic N) is 3. The first-order valence-corrected chi connectivity index (χ1v) is 9.07. The Morgan fingerprint density at radius 3 is 3.00 bits per heavy atom. The lowest BCUT2D eigenvalue weighted by Gasteiger charge is -2.15. The van der Waals surface area contributed by atoms with E-state index in [1.54, 1.807) is 6.33 Å². The smallest absolute Gasteiger partial charge is 0.257 e. The molecule has 0 radical (unpaired) electrons. The highest BCUT2D eigenvalue weighted by Gasteiger charge is 2.35. The van der Waals surface area contributed by atoms with Gasteiger partial charge in [-0.1, -0.05) is 19.1 Å². The third-order valence-electron chi connectivity index (χ3n) is 5.01. The molecule has 2 N–H and O–H groups in total. The van der Waals surface area contributed by atoms with Gasteiger partial charge < -0.3 is 19.7 Å². The molecule has 2 aromatic rings. The lowest BCUT2D eigenvalue weighted by Crippen LogP contribution is -2.35. The summed E-state index contributed by atoms with van der Waals surface area (Å²) in [5.41, 5.74) is 1.17. The van der Waals surface area contributed by atoms with Crippen molar-refractivity contribution in [2.24, 2.45) is 13.0 Å². The van der Waals surface area contributed by atoms with Crippen molar-refractivity contribution in [1.29, 1.82) is 0 Å². The first kappa shape index (κ1) is 18.4. The standard InChI is InChI=1S/C19H26N4O3/c1-3-13-5-4-6-16(7-13)26-11-18(25)20-10-15-8-14(9-17(15)24)19-22-21-12-23(19)2/h4-7,12,14-15,17,24H,3,8-11H2,1-2H3,(H,20,25)/t14-,15+,17+/m0/s1. The van der Waals surface area contributed by atoms with E-state index in [4.69, 9.17) is 4.74 Å². The summed E-state index contributed by atoms with van der Waals surface area (Å²) in [4.78, 5) is 12.1. The molecule has 1 amide bonds. The van der Waals surface area contributed by atoms with Gasteiger partial charge in [0.1, 0.15) is 17.9 Å². The maximum Gasteiger partial charge on any atom is 0.257 e. The number of nitrogens with one attached hydrogen (secondary N) is 1. The molecule has 1 aromatic carbocycles. The van der Waals surface area contributed by atoms with Crippen LogP contribution in [0.2, 0.25) is 0 Å². The Bertz CT molecular complexity index is 746. The number of carbonyl (C=O) groups is 1. The summed E-state index contributed by atoms with van der Waals surface area (Å²) in [6, 6.07) is 7.74. The number of aliphatic hydroxyl groups excluding tert-OH is 1. The molecule has 0 spiro atoms. The highest BCUT2D eigenvalue weighted by atomic mass is 16.5. The zero-order valence-electron chi connectivity index (χ0n) is 15.3. The summed E-state index contributed by atoms with van der Waals surface area (Å²) in [5.74, 6) is 1.59. The van der Waals surface area contributed by atoms with Gasteiger partial charge in [0, 0.05) is 25.4 Å². The summed E-state index contributed by atoms with van der Waals surface area (Å²) in [5, 5.41) is 21.2. The van der Waals surface area contributed by atoms with Crippen LogP contribution in [-0.2, 0) is 18.3 Å². The number of hydrogen-bond donors (Lipinski definition) is 2. The van der Waals surface area contributed by atoms with Crippen LogP contribution >= 0.6 is 0 Å². The van der Waals surface area contributed by atoms with Crippen LogP contribution in [0.3, 0.4) is 0 Å². The van der Waals surface area contributed by atoms with Gasteiger partial charge in [-0.25, -0.2) is 0 Å². The van der Waals surface area contributed by atoms with Gasteiger partial charge in [-0.3, -0.25) is 4.79 Å². The second kappa shape index (κ2) is 8.31. The van der Waals surface area contributed by atoms with Crippen LogP contribution in [-0.4, -0.2) is 45.0 Å². The number of aliphatic hydroxyl groups is 1. The molecule has 1 saturated carbocycles. The Morgan fingerprint density at radius 2 is 2.27 bits per heavy atom. The van der Waals surface area contributed by atoms with Crippen LogP contribution in [0, 0.1) is 5.92 Å². The van der Waals surface area contributed by atoms with Crippen LogP contribution < -0.4 is 10.1 Å². The number of ether oxygens (including phenoxy) is 1. The number of rotatable bonds is 7. The Hall–Kier alpha value is -2.41. The van der Waals surface area contributed by atoms with Crippen molar-refractivity contribution < 1.29 is 14.6 Å². The fourth-order valence-electron chi connectivity index (χ4n) is 3.49. The normalized spacial score (nSPS) is 22.3. The minimum absolute atomic E-state index is 0.0177. The minimum atomic E-state index is -0.445. The van der Waals surface area contributed by atoms with E-state index in [1.165, 1.54) is 5.56 Å². The number of carbonyl (C=O) groups excluding carboxylic acids is 1. The Labute approximate surface area is 153 Å². The van der Waals surface area contributed by atoms with E-state index >= 15 is 0 Å². The quantitative estimate of drug-likeness (QED) is 0.781. The molecule has 3 atom stereocenters. The van der Waals surface area contributed by atoms with Crippen molar-refractivity contribution in [3.05, 3.63) is 42.0 Å². The van der Waals surface area contributed by atoms with E-state index in [2.05, 4.69) is 22.4 Å². The zero-order chi connectivity index (χ0) is 18.5. The molecule has 3 rings (SSSR count).